The first kappa shape index (κ1) is 13.3. The Morgan fingerprint density at radius 3 is 2.95 bits per heavy atom. The molecule has 2 aromatic rings. The summed E-state index contributed by atoms with van der Waals surface area (Å²) in [7, 11) is 0. The molecule has 102 valence electrons. The lowest BCUT2D eigenvalue weighted by Crippen LogP contribution is -2.25. The molecule has 1 unspecified atom stereocenters. The van der Waals surface area contributed by atoms with Gasteiger partial charge in [-0.25, -0.2) is 9.97 Å². The van der Waals surface area contributed by atoms with Crippen molar-refractivity contribution in [2.75, 3.05) is 11.9 Å². The van der Waals surface area contributed by atoms with Gasteiger partial charge in [0.25, 0.3) is 0 Å². The molecule has 7 heteroatoms. The highest BCUT2D eigenvalue weighted by Gasteiger charge is 2.16. The molecule has 1 atom stereocenters. The summed E-state index contributed by atoms with van der Waals surface area (Å²) in [5.74, 6) is 0.183. The number of aromatic amines is 1. The average molecular weight is 263 g/mol. The van der Waals surface area contributed by atoms with Gasteiger partial charge in [0.2, 0.25) is 0 Å². The van der Waals surface area contributed by atoms with Gasteiger partial charge in [-0.2, -0.15) is 5.10 Å². The lowest BCUT2D eigenvalue weighted by atomic mass is 10.2. The standard InChI is InChI=1S/C12H17N5O2/c1-7(2)19-12(18)8(3)4-13-10-9-5-16-17-11(9)15-6-14-10/h5-8H,4H2,1-3H3,(H2,13,14,15,16,17). The minimum atomic E-state index is -0.251. The Balaban J connectivity index is 1.98. The second-order valence-corrected chi connectivity index (χ2v) is 4.62. The van der Waals surface area contributed by atoms with Crippen molar-refractivity contribution in [1.29, 1.82) is 0 Å². The molecule has 2 aromatic heterocycles. The molecule has 0 amide bonds. The highest BCUT2D eigenvalue weighted by atomic mass is 16.5. The van der Waals surface area contributed by atoms with Gasteiger partial charge in [-0.05, 0) is 13.8 Å². The highest BCUT2D eigenvalue weighted by Crippen LogP contribution is 2.16. The quantitative estimate of drug-likeness (QED) is 0.791. The molecule has 2 rings (SSSR count). The molecule has 0 aliphatic rings. The first-order valence-electron chi connectivity index (χ1n) is 6.16. The number of esters is 1. The molecule has 0 saturated carbocycles. The van der Waals surface area contributed by atoms with Crippen molar-refractivity contribution in [3.05, 3.63) is 12.5 Å². The van der Waals surface area contributed by atoms with Crippen LogP contribution in [0.15, 0.2) is 12.5 Å². The third kappa shape index (κ3) is 3.18. The molecular formula is C12H17N5O2. The van der Waals surface area contributed by atoms with Gasteiger partial charge in [0.15, 0.2) is 5.65 Å². The predicted octanol–water partition coefficient (Wildman–Crippen LogP) is 1.35. The lowest BCUT2D eigenvalue weighted by molar-refractivity contribution is -0.151. The van der Waals surface area contributed by atoms with Crippen molar-refractivity contribution in [2.24, 2.45) is 5.92 Å². The number of carbonyl (C=O) groups excluding carboxylic acids is 1. The molecular weight excluding hydrogens is 246 g/mol. The van der Waals surface area contributed by atoms with E-state index in [2.05, 4.69) is 25.5 Å². The maximum absolute atomic E-state index is 11.7. The number of hydrogen-bond acceptors (Lipinski definition) is 6. The van der Waals surface area contributed by atoms with Gasteiger partial charge < -0.3 is 10.1 Å². The highest BCUT2D eigenvalue weighted by molar-refractivity contribution is 5.85. The molecule has 0 fully saturated rings. The van der Waals surface area contributed by atoms with E-state index in [9.17, 15) is 4.79 Å². The Hall–Kier alpha value is -2.18. The number of rotatable bonds is 5. The first-order valence-corrected chi connectivity index (χ1v) is 6.16. The van der Waals surface area contributed by atoms with Crippen LogP contribution in [0.1, 0.15) is 20.8 Å². The summed E-state index contributed by atoms with van der Waals surface area (Å²) in [4.78, 5) is 19.9. The van der Waals surface area contributed by atoms with E-state index in [4.69, 9.17) is 4.74 Å². The SMILES string of the molecule is CC(C)OC(=O)C(C)CNc1ncnc2[nH]ncc12. The third-order valence-electron chi connectivity index (χ3n) is 2.58. The molecule has 2 N–H and O–H groups in total. The number of nitrogens with one attached hydrogen (secondary N) is 2. The Morgan fingerprint density at radius 2 is 2.21 bits per heavy atom. The average Bonchev–Trinajstić information content (AvgIpc) is 2.83. The van der Waals surface area contributed by atoms with E-state index < -0.39 is 0 Å². The van der Waals surface area contributed by atoms with Crippen molar-refractivity contribution in [1.82, 2.24) is 20.2 Å². The summed E-state index contributed by atoms with van der Waals surface area (Å²) < 4.78 is 5.14. The van der Waals surface area contributed by atoms with E-state index in [1.54, 1.807) is 6.20 Å². The summed E-state index contributed by atoms with van der Waals surface area (Å²) >= 11 is 0. The molecule has 0 spiro atoms. The lowest BCUT2D eigenvalue weighted by Gasteiger charge is -2.14. The second kappa shape index (κ2) is 5.64. The van der Waals surface area contributed by atoms with E-state index >= 15 is 0 Å². The number of nitrogens with zero attached hydrogens (tertiary/aromatic N) is 3. The van der Waals surface area contributed by atoms with E-state index in [0.717, 1.165) is 5.39 Å². The fourth-order valence-electron chi connectivity index (χ4n) is 1.59. The van der Waals surface area contributed by atoms with Gasteiger partial charge in [-0.3, -0.25) is 9.89 Å². The number of H-pyrrole nitrogens is 1. The smallest absolute Gasteiger partial charge is 0.310 e. The van der Waals surface area contributed by atoms with Crippen LogP contribution < -0.4 is 5.32 Å². The monoisotopic (exact) mass is 263 g/mol. The Morgan fingerprint density at radius 1 is 1.42 bits per heavy atom. The van der Waals surface area contributed by atoms with E-state index in [-0.39, 0.29) is 18.0 Å². The van der Waals surface area contributed by atoms with Crippen molar-refractivity contribution in [3.8, 4) is 0 Å². The molecule has 0 aliphatic carbocycles. The molecule has 2 heterocycles. The molecule has 19 heavy (non-hydrogen) atoms. The topological polar surface area (TPSA) is 92.8 Å². The zero-order valence-corrected chi connectivity index (χ0v) is 11.2. The third-order valence-corrected chi connectivity index (χ3v) is 2.58. The normalized spacial score (nSPS) is 12.6. The summed E-state index contributed by atoms with van der Waals surface area (Å²) in [5, 5.41) is 10.6. The minimum Gasteiger partial charge on any atom is -0.463 e. The summed E-state index contributed by atoms with van der Waals surface area (Å²) in [5.41, 5.74) is 0.662. The van der Waals surface area contributed by atoms with E-state index in [1.165, 1.54) is 6.33 Å². The van der Waals surface area contributed by atoms with Crippen LogP contribution in [-0.4, -0.2) is 38.8 Å². The Kier molecular flexibility index (Phi) is 3.94. The Bertz CT molecular complexity index is 566. The fraction of sp³-hybridized carbons (Fsp3) is 0.500. The van der Waals surface area contributed by atoms with Gasteiger partial charge in [-0.1, -0.05) is 6.92 Å². The fourth-order valence-corrected chi connectivity index (χ4v) is 1.59. The van der Waals surface area contributed by atoms with Crippen molar-refractivity contribution >= 4 is 22.8 Å². The van der Waals surface area contributed by atoms with Crippen LogP contribution in [0, 0.1) is 5.92 Å². The molecule has 0 radical (unpaired) electrons. The van der Waals surface area contributed by atoms with Crippen LogP contribution in [-0.2, 0) is 9.53 Å². The number of carbonyl (C=O) groups is 1. The van der Waals surface area contributed by atoms with Crippen LogP contribution >= 0.6 is 0 Å². The number of ether oxygens (including phenoxy) is 1. The van der Waals surface area contributed by atoms with Crippen molar-refractivity contribution < 1.29 is 9.53 Å². The maximum Gasteiger partial charge on any atom is 0.310 e. The molecule has 0 bridgehead atoms. The number of fused-ring (bicyclic) bond motifs is 1. The maximum atomic E-state index is 11.7. The van der Waals surface area contributed by atoms with Crippen LogP contribution in [0.25, 0.3) is 11.0 Å². The molecule has 7 nitrogen and oxygen atoms in total. The number of anilines is 1. The molecule has 0 aliphatic heterocycles. The van der Waals surface area contributed by atoms with Gasteiger partial charge in [0.05, 0.1) is 23.6 Å². The second-order valence-electron chi connectivity index (χ2n) is 4.62. The Labute approximate surface area is 110 Å². The van der Waals surface area contributed by atoms with Gasteiger partial charge >= 0.3 is 5.97 Å². The largest absolute Gasteiger partial charge is 0.463 e. The zero-order chi connectivity index (χ0) is 13.8. The first-order chi connectivity index (χ1) is 9.08. The van der Waals surface area contributed by atoms with E-state index in [0.29, 0.717) is 18.0 Å². The molecule has 0 aromatic carbocycles. The van der Waals surface area contributed by atoms with Crippen LogP contribution in [0.2, 0.25) is 0 Å². The minimum absolute atomic E-state index is 0.102. The van der Waals surface area contributed by atoms with Gasteiger partial charge in [0.1, 0.15) is 12.1 Å². The van der Waals surface area contributed by atoms with Crippen LogP contribution in [0.5, 0.6) is 0 Å². The van der Waals surface area contributed by atoms with E-state index in [1.807, 2.05) is 20.8 Å². The van der Waals surface area contributed by atoms with Crippen molar-refractivity contribution in [2.45, 2.75) is 26.9 Å². The zero-order valence-electron chi connectivity index (χ0n) is 11.2. The van der Waals surface area contributed by atoms with Gasteiger partial charge in [-0.15, -0.1) is 0 Å². The predicted molar refractivity (Wildman–Crippen MR) is 70.6 cm³/mol. The summed E-state index contributed by atoms with van der Waals surface area (Å²) in [6.45, 7) is 5.92. The van der Waals surface area contributed by atoms with Gasteiger partial charge in [0, 0.05) is 6.54 Å². The molecule has 0 saturated heterocycles. The van der Waals surface area contributed by atoms with Crippen LogP contribution in [0.3, 0.4) is 0 Å². The van der Waals surface area contributed by atoms with Crippen molar-refractivity contribution in [3.63, 3.8) is 0 Å². The number of hydrogen-bond donors (Lipinski definition) is 2. The summed E-state index contributed by atoms with van der Waals surface area (Å²) in [6, 6.07) is 0. The summed E-state index contributed by atoms with van der Waals surface area (Å²) in [6.07, 6.45) is 2.99. The number of aromatic nitrogens is 4. The van der Waals surface area contributed by atoms with Crippen LogP contribution in [0.4, 0.5) is 5.82 Å².